The van der Waals surface area contributed by atoms with Crippen LogP contribution in [0.1, 0.15) is 25.3 Å². The quantitative estimate of drug-likeness (QED) is 0.704. The van der Waals surface area contributed by atoms with Gasteiger partial charge >= 0.3 is 0 Å². The first-order valence-corrected chi connectivity index (χ1v) is 9.82. The zero-order valence-electron chi connectivity index (χ0n) is 16.7. The molecule has 0 N–H and O–H groups in total. The number of piperidine rings is 1. The van der Waals surface area contributed by atoms with Crippen molar-refractivity contribution in [3.8, 4) is 11.4 Å². The number of benzene rings is 1. The molecule has 3 heterocycles. The molecule has 0 spiro atoms. The maximum absolute atomic E-state index is 12.1. The van der Waals surface area contributed by atoms with E-state index >= 15 is 0 Å². The largest absolute Gasteiger partial charge is 0.343 e. The van der Waals surface area contributed by atoms with Gasteiger partial charge in [0.1, 0.15) is 5.82 Å². The maximum Gasteiger partial charge on any atom is 0.253 e. The zero-order chi connectivity index (χ0) is 19.8. The number of hydrogen-bond donors (Lipinski definition) is 0. The van der Waals surface area contributed by atoms with E-state index in [4.69, 9.17) is 4.98 Å². The summed E-state index contributed by atoms with van der Waals surface area (Å²) in [5.41, 5.74) is 3.69. The van der Waals surface area contributed by atoms with Crippen LogP contribution in [0.25, 0.3) is 22.4 Å². The number of para-hydroxylation sites is 2. The molecule has 146 valence electrons. The average molecular weight is 378 g/mol. The summed E-state index contributed by atoms with van der Waals surface area (Å²) >= 11 is 0. The molecule has 0 saturated carbocycles. The van der Waals surface area contributed by atoms with Crippen molar-refractivity contribution in [3.05, 3.63) is 52.4 Å². The summed E-state index contributed by atoms with van der Waals surface area (Å²) in [7, 11) is 1.78. The van der Waals surface area contributed by atoms with Crippen LogP contribution >= 0.6 is 0 Å². The normalized spacial score (nSPS) is 17.2. The highest BCUT2D eigenvalue weighted by Gasteiger charge is 2.24. The Balaban J connectivity index is 1.78. The Bertz CT molecular complexity index is 1070. The number of nitrogens with zero attached hydrogens (tertiary/aromatic N) is 4. The van der Waals surface area contributed by atoms with Crippen LogP contribution in [0.2, 0.25) is 0 Å². The third-order valence-corrected chi connectivity index (χ3v) is 5.68. The van der Waals surface area contributed by atoms with Crippen molar-refractivity contribution in [1.82, 2.24) is 19.0 Å². The molecule has 0 unspecified atom stereocenters. The Labute approximate surface area is 164 Å². The minimum absolute atomic E-state index is 0.00999. The number of amides is 1. The van der Waals surface area contributed by atoms with Crippen LogP contribution in [-0.4, -0.2) is 38.0 Å². The summed E-state index contributed by atoms with van der Waals surface area (Å²) in [6, 6.07) is 10.1. The molecule has 1 aromatic carbocycles. The van der Waals surface area contributed by atoms with Gasteiger partial charge in [0, 0.05) is 50.9 Å². The Hall–Kier alpha value is -2.89. The molecular weight excluding hydrogens is 352 g/mol. The van der Waals surface area contributed by atoms with Crippen LogP contribution in [-0.2, 0) is 18.4 Å². The van der Waals surface area contributed by atoms with Crippen molar-refractivity contribution >= 4 is 16.9 Å². The van der Waals surface area contributed by atoms with E-state index in [2.05, 4.69) is 10.6 Å². The third kappa shape index (κ3) is 3.35. The van der Waals surface area contributed by atoms with Crippen molar-refractivity contribution in [2.75, 3.05) is 13.1 Å². The fourth-order valence-electron chi connectivity index (χ4n) is 4.24. The van der Waals surface area contributed by atoms with E-state index in [9.17, 15) is 9.59 Å². The molecule has 6 heteroatoms. The van der Waals surface area contributed by atoms with E-state index in [1.165, 1.54) is 0 Å². The van der Waals surface area contributed by atoms with Gasteiger partial charge in [-0.25, -0.2) is 4.98 Å². The molecule has 1 aliphatic heterocycles. The number of fused-ring (bicyclic) bond motifs is 1. The van der Waals surface area contributed by atoms with Gasteiger partial charge in [-0.15, -0.1) is 0 Å². The van der Waals surface area contributed by atoms with Gasteiger partial charge in [-0.1, -0.05) is 12.1 Å². The molecule has 0 radical (unpaired) electrons. The predicted octanol–water partition coefficient (Wildman–Crippen LogP) is 2.97. The van der Waals surface area contributed by atoms with Crippen molar-refractivity contribution in [3.63, 3.8) is 0 Å². The molecule has 0 bridgehead atoms. The van der Waals surface area contributed by atoms with Gasteiger partial charge in [0.2, 0.25) is 5.91 Å². The molecule has 4 rings (SSSR count). The Kier molecular flexibility index (Phi) is 4.79. The first kappa shape index (κ1) is 18.5. The van der Waals surface area contributed by atoms with Crippen molar-refractivity contribution in [2.24, 2.45) is 13.0 Å². The molecule has 6 nitrogen and oxygen atoms in total. The second-order valence-corrected chi connectivity index (χ2v) is 7.84. The summed E-state index contributed by atoms with van der Waals surface area (Å²) in [6.45, 7) is 5.93. The fraction of sp³-hybridized carbons (Fsp3) is 0.409. The van der Waals surface area contributed by atoms with Crippen LogP contribution in [0.4, 0.5) is 0 Å². The first-order valence-electron chi connectivity index (χ1n) is 9.82. The fourth-order valence-corrected chi connectivity index (χ4v) is 4.24. The Morgan fingerprint density at radius 3 is 2.82 bits per heavy atom. The molecule has 1 aliphatic rings. The minimum Gasteiger partial charge on any atom is -0.343 e. The summed E-state index contributed by atoms with van der Waals surface area (Å²) < 4.78 is 3.87. The monoisotopic (exact) mass is 378 g/mol. The summed E-state index contributed by atoms with van der Waals surface area (Å²) in [6.07, 6.45) is 3.99. The van der Waals surface area contributed by atoms with E-state index < -0.39 is 0 Å². The highest BCUT2D eigenvalue weighted by atomic mass is 16.2. The Morgan fingerprint density at radius 2 is 2.07 bits per heavy atom. The van der Waals surface area contributed by atoms with Crippen LogP contribution in [0.3, 0.4) is 0 Å². The van der Waals surface area contributed by atoms with Crippen LogP contribution in [0.5, 0.6) is 0 Å². The predicted molar refractivity (Wildman–Crippen MR) is 110 cm³/mol. The lowest BCUT2D eigenvalue weighted by Gasteiger charge is -2.32. The summed E-state index contributed by atoms with van der Waals surface area (Å²) in [4.78, 5) is 30.8. The van der Waals surface area contributed by atoms with Crippen LogP contribution in [0, 0.1) is 12.8 Å². The van der Waals surface area contributed by atoms with Crippen molar-refractivity contribution < 1.29 is 4.79 Å². The number of aryl methyl sites for hydroxylation is 2. The lowest BCUT2D eigenvalue weighted by molar-refractivity contribution is -0.130. The van der Waals surface area contributed by atoms with Crippen molar-refractivity contribution in [1.29, 1.82) is 0 Å². The number of likely N-dealkylation sites (tertiary alicyclic amines) is 1. The molecule has 1 fully saturated rings. The molecule has 2 aromatic heterocycles. The van der Waals surface area contributed by atoms with Crippen LogP contribution < -0.4 is 5.56 Å². The molecule has 3 aromatic rings. The van der Waals surface area contributed by atoms with Gasteiger partial charge < -0.3 is 14.0 Å². The highest BCUT2D eigenvalue weighted by molar-refractivity contribution is 5.80. The maximum atomic E-state index is 12.1. The molecule has 28 heavy (non-hydrogen) atoms. The molecule has 1 saturated heterocycles. The molecule has 1 atom stereocenters. The van der Waals surface area contributed by atoms with Gasteiger partial charge in [-0.05, 0) is 43.9 Å². The zero-order valence-corrected chi connectivity index (χ0v) is 16.7. The van der Waals surface area contributed by atoms with Gasteiger partial charge in [0.25, 0.3) is 5.56 Å². The minimum atomic E-state index is 0.00999. The third-order valence-electron chi connectivity index (χ3n) is 5.68. The number of carbonyl (C=O) groups is 1. The number of hydrogen-bond acceptors (Lipinski definition) is 3. The highest BCUT2D eigenvalue weighted by Crippen LogP contribution is 2.28. The molecular formula is C22H26N4O2. The second kappa shape index (κ2) is 7.26. The van der Waals surface area contributed by atoms with E-state index in [1.54, 1.807) is 18.5 Å². The van der Waals surface area contributed by atoms with E-state index in [1.807, 2.05) is 42.3 Å². The molecule has 0 aliphatic carbocycles. The van der Waals surface area contributed by atoms with Gasteiger partial charge in [-0.3, -0.25) is 9.59 Å². The number of imidazole rings is 1. The van der Waals surface area contributed by atoms with Crippen LogP contribution in [0.15, 0.2) is 41.3 Å². The summed E-state index contributed by atoms with van der Waals surface area (Å²) in [5.74, 6) is 1.41. The molecule has 1 amide bonds. The first-order chi connectivity index (χ1) is 13.4. The number of rotatable bonds is 3. The summed E-state index contributed by atoms with van der Waals surface area (Å²) in [5, 5.41) is 0. The van der Waals surface area contributed by atoms with Gasteiger partial charge in [0.05, 0.1) is 11.0 Å². The number of aromatic nitrogens is 3. The van der Waals surface area contributed by atoms with E-state index in [0.29, 0.717) is 11.5 Å². The topological polar surface area (TPSA) is 60.1 Å². The average Bonchev–Trinajstić information content (AvgIpc) is 3.04. The number of carbonyl (C=O) groups excluding carboxylic acids is 1. The Morgan fingerprint density at radius 1 is 1.29 bits per heavy atom. The second-order valence-electron chi connectivity index (χ2n) is 7.84. The lowest BCUT2D eigenvalue weighted by atomic mass is 9.97. The van der Waals surface area contributed by atoms with Gasteiger partial charge in [0.15, 0.2) is 0 Å². The number of pyridine rings is 1. The smallest absolute Gasteiger partial charge is 0.253 e. The SMILES string of the molecule is CC(=O)N1CCC[C@H](Cn2c(-c3cc(C)c(=O)n(C)c3)nc3ccccc32)C1. The van der Waals surface area contributed by atoms with E-state index in [-0.39, 0.29) is 11.5 Å². The standard InChI is InChI=1S/C22H26N4O2/c1-15-11-18(14-24(3)22(15)28)21-23-19-8-4-5-9-20(19)26(21)13-17-7-6-10-25(12-17)16(2)27/h4-5,8-9,11,14,17H,6-7,10,12-13H2,1-3H3/t17-/m0/s1. The van der Waals surface area contributed by atoms with E-state index in [0.717, 1.165) is 54.9 Å². The lowest BCUT2D eigenvalue weighted by Crippen LogP contribution is -2.39. The van der Waals surface area contributed by atoms with Gasteiger partial charge in [-0.2, -0.15) is 0 Å². The van der Waals surface area contributed by atoms with Crippen molar-refractivity contribution in [2.45, 2.75) is 33.2 Å².